The molecular formula is C11H15N3O2. The monoisotopic (exact) mass is 221 g/mol. The number of carbonyl (C=O) groups excluding carboxylic acids is 2. The molecule has 5 nitrogen and oxygen atoms in total. The molecule has 86 valence electrons. The molecule has 0 aliphatic carbocycles. The molecule has 0 saturated carbocycles. The number of aromatic nitrogens is 2. The molecule has 0 atom stereocenters. The van der Waals surface area contributed by atoms with Crippen molar-refractivity contribution >= 4 is 11.8 Å². The van der Waals surface area contributed by atoms with Crippen LogP contribution in [0.2, 0.25) is 0 Å². The van der Waals surface area contributed by atoms with E-state index in [1.807, 2.05) is 0 Å². The number of carbonyl (C=O) groups is 2. The van der Waals surface area contributed by atoms with Gasteiger partial charge in [-0.2, -0.15) is 5.10 Å². The zero-order valence-corrected chi connectivity index (χ0v) is 9.30. The average molecular weight is 221 g/mol. The standard InChI is InChI=1S/C11H15N3O2/c1-9(15)13-7-3-10(4-8-13)11(16)14-6-2-5-12-14/h2,5-6,10H,3-4,7-8H2,1H3. The lowest BCUT2D eigenvalue weighted by Gasteiger charge is -2.30. The third kappa shape index (κ3) is 2.13. The zero-order valence-electron chi connectivity index (χ0n) is 9.30. The summed E-state index contributed by atoms with van der Waals surface area (Å²) in [5.74, 6) is 0.119. The first-order valence-electron chi connectivity index (χ1n) is 5.48. The van der Waals surface area contributed by atoms with Crippen molar-refractivity contribution in [3.8, 4) is 0 Å². The highest BCUT2D eigenvalue weighted by molar-refractivity contribution is 5.81. The van der Waals surface area contributed by atoms with Crippen LogP contribution in [-0.4, -0.2) is 39.6 Å². The quantitative estimate of drug-likeness (QED) is 0.704. The van der Waals surface area contributed by atoms with Gasteiger partial charge in [-0.25, -0.2) is 4.68 Å². The number of likely N-dealkylation sites (tertiary alicyclic amines) is 1. The normalized spacial score (nSPS) is 17.4. The molecule has 0 radical (unpaired) electrons. The van der Waals surface area contributed by atoms with Crippen LogP contribution in [0.4, 0.5) is 0 Å². The maximum absolute atomic E-state index is 11.9. The van der Waals surface area contributed by atoms with E-state index in [1.54, 1.807) is 30.3 Å². The van der Waals surface area contributed by atoms with E-state index in [9.17, 15) is 9.59 Å². The van der Waals surface area contributed by atoms with Gasteiger partial charge in [-0.3, -0.25) is 9.59 Å². The van der Waals surface area contributed by atoms with Crippen molar-refractivity contribution in [2.45, 2.75) is 19.8 Å². The first-order valence-corrected chi connectivity index (χ1v) is 5.48. The van der Waals surface area contributed by atoms with Crippen molar-refractivity contribution in [2.24, 2.45) is 5.92 Å². The molecule has 1 fully saturated rings. The summed E-state index contributed by atoms with van der Waals surface area (Å²) in [4.78, 5) is 24.8. The topological polar surface area (TPSA) is 55.2 Å². The van der Waals surface area contributed by atoms with E-state index in [-0.39, 0.29) is 17.7 Å². The second-order valence-electron chi connectivity index (χ2n) is 4.07. The molecule has 0 bridgehead atoms. The molecule has 2 heterocycles. The van der Waals surface area contributed by atoms with E-state index in [0.717, 1.165) is 12.8 Å². The van der Waals surface area contributed by atoms with Gasteiger partial charge < -0.3 is 4.90 Å². The molecule has 0 spiro atoms. The molecule has 1 amide bonds. The van der Waals surface area contributed by atoms with Gasteiger partial charge in [-0.15, -0.1) is 0 Å². The van der Waals surface area contributed by atoms with Gasteiger partial charge in [0.15, 0.2) is 0 Å². The van der Waals surface area contributed by atoms with Crippen LogP contribution in [0.1, 0.15) is 24.6 Å². The van der Waals surface area contributed by atoms with E-state index in [2.05, 4.69) is 5.10 Å². The third-order valence-corrected chi connectivity index (χ3v) is 3.02. The summed E-state index contributed by atoms with van der Waals surface area (Å²) in [6.45, 7) is 2.91. The third-order valence-electron chi connectivity index (χ3n) is 3.02. The van der Waals surface area contributed by atoms with Crippen LogP contribution >= 0.6 is 0 Å². The number of rotatable bonds is 1. The summed E-state index contributed by atoms with van der Waals surface area (Å²) < 4.78 is 1.38. The van der Waals surface area contributed by atoms with Gasteiger partial charge in [0.05, 0.1) is 0 Å². The summed E-state index contributed by atoms with van der Waals surface area (Å²) in [5, 5.41) is 3.93. The fraction of sp³-hybridized carbons (Fsp3) is 0.545. The fourth-order valence-electron chi connectivity index (χ4n) is 2.03. The van der Waals surface area contributed by atoms with E-state index in [4.69, 9.17) is 0 Å². The average Bonchev–Trinajstić information content (AvgIpc) is 2.81. The Morgan fingerprint density at radius 2 is 2.00 bits per heavy atom. The predicted octanol–water partition coefficient (Wildman–Crippen LogP) is 0.782. The van der Waals surface area contributed by atoms with Crippen molar-refractivity contribution in [1.82, 2.24) is 14.7 Å². The molecular weight excluding hydrogens is 206 g/mol. The van der Waals surface area contributed by atoms with Crippen molar-refractivity contribution in [2.75, 3.05) is 13.1 Å². The molecule has 0 N–H and O–H groups in total. The Hall–Kier alpha value is -1.65. The number of nitrogens with zero attached hydrogens (tertiary/aromatic N) is 3. The molecule has 1 aliphatic heterocycles. The number of hydrogen-bond donors (Lipinski definition) is 0. The maximum Gasteiger partial charge on any atom is 0.250 e. The number of piperidine rings is 1. The van der Waals surface area contributed by atoms with Gasteiger partial charge in [0, 0.05) is 38.3 Å². The largest absolute Gasteiger partial charge is 0.343 e. The van der Waals surface area contributed by atoms with Crippen molar-refractivity contribution in [3.63, 3.8) is 0 Å². The predicted molar refractivity (Wildman–Crippen MR) is 57.8 cm³/mol. The molecule has 1 saturated heterocycles. The first kappa shape index (κ1) is 10.9. The minimum absolute atomic E-state index is 0.00417. The molecule has 1 aromatic heterocycles. The van der Waals surface area contributed by atoms with Gasteiger partial charge in [0.1, 0.15) is 0 Å². The Morgan fingerprint density at radius 3 is 2.50 bits per heavy atom. The van der Waals surface area contributed by atoms with E-state index >= 15 is 0 Å². The Balaban J connectivity index is 1.94. The highest BCUT2D eigenvalue weighted by Gasteiger charge is 2.26. The minimum atomic E-state index is -0.00417. The van der Waals surface area contributed by atoms with Crippen molar-refractivity contribution in [1.29, 1.82) is 0 Å². The van der Waals surface area contributed by atoms with Crippen LogP contribution in [0.25, 0.3) is 0 Å². The van der Waals surface area contributed by atoms with Crippen LogP contribution < -0.4 is 0 Å². The highest BCUT2D eigenvalue weighted by Crippen LogP contribution is 2.18. The highest BCUT2D eigenvalue weighted by atomic mass is 16.2. The van der Waals surface area contributed by atoms with Crippen LogP contribution in [0.15, 0.2) is 18.5 Å². The molecule has 1 aromatic rings. The Labute approximate surface area is 94.0 Å². The first-order chi connectivity index (χ1) is 7.68. The summed E-state index contributed by atoms with van der Waals surface area (Å²) in [6.07, 6.45) is 4.73. The molecule has 5 heteroatoms. The summed E-state index contributed by atoms with van der Waals surface area (Å²) in [7, 11) is 0. The van der Waals surface area contributed by atoms with Gasteiger partial charge in [0.25, 0.3) is 0 Å². The summed E-state index contributed by atoms with van der Waals surface area (Å²) in [5.41, 5.74) is 0. The van der Waals surface area contributed by atoms with E-state index in [0.29, 0.717) is 13.1 Å². The maximum atomic E-state index is 11.9. The van der Waals surface area contributed by atoms with Crippen molar-refractivity contribution in [3.05, 3.63) is 18.5 Å². The van der Waals surface area contributed by atoms with Gasteiger partial charge in [0.2, 0.25) is 11.8 Å². The Morgan fingerprint density at radius 1 is 1.31 bits per heavy atom. The molecule has 0 aromatic carbocycles. The second kappa shape index (κ2) is 4.47. The molecule has 1 aliphatic rings. The number of amides is 1. The molecule has 16 heavy (non-hydrogen) atoms. The van der Waals surface area contributed by atoms with Crippen LogP contribution in [0.3, 0.4) is 0 Å². The Kier molecular flexibility index (Phi) is 3.03. The van der Waals surface area contributed by atoms with E-state index in [1.165, 1.54) is 4.68 Å². The van der Waals surface area contributed by atoms with Gasteiger partial charge in [-0.05, 0) is 18.9 Å². The minimum Gasteiger partial charge on any atom is -0.343 e. The molecule has 0 unspecified atom stereocenters. The van der Waals surface area contributed by atoms with Gasteiger partial charge >= 0.3 is 0 Å². The SMILES string of the molecule is CC(=O)N1CCC(C(=O)n2cccn2)CC1. The summed E-state index contributed by atoms with van der Waals surface area (Å²) in [6, 6.07) is 1.74. The van der Waals surface area contributed by atoms with Gasteiger partial charge in [-0.1, -0.05) is 0 Å². The lowest BCUT2D eigenvalue weighted by Crippen LogP contribution is -2.40. The smallest absolute Gasteiger partial charge is 0.250 e. The lowest BCUT2D eigenvalue weighted by molar-refractivity contribution is -0.130. The molecule has 2 rings (SSSR count). The van der Waals surface area contributed by atoms with Crippen LogP contribution in [-0.2, 0) is 4.79 Å². The van der Waals surface area contributed by atoms with Crippen molar-refractivity contribution < 1.29 is 9.59 Å². The van der Waals surface area contributed by atoms with Crippen LogP contribution in [0, 0.1) is 5.92 Å². The Bertz CT molecular complexity index is 378. The zero-order chi connectivity index (χ0) is 11.5. The summed E-state index contributed by atoms with van der Waals surface area (Å²) >= 11 is 0. The number of hydrogen-bond acceptors (Lipinski definition) is 3. The van der Waals surface area contributed by atoms with E-state index < -0.39 is 0 Å². The van der Waals surface area contributed by atoms with Crippen LogP contribution in [0.5, 0.6) is 0 Å². The fourth-order valence-corrected chi connectivity index (χ4v) is 2.03. The second-order valence-corrected chi connectivity index (χ2v) is 4.07. The lowest BCUT2D eigenvalue weighted by atomic mass is 9.96.